The van der Waals surface area contributed by atoms with Gasteiger partial charge in [-0.3, -0.25) is 4.72 Å². The maximum atomic E-state index is 13.1. The lowest BCUT2D eigenvalue weighted by Gasteiger charge is -2.30. The molecule has 1 saturated heterocycles. The highest BCUT2D eigenvalue weighted by atomic mass is 35.5. The molecule has 1 fully saturated rings. The molecule has 6 nitrogen and oxygen atoms in total. The highest BCUT2D eigenvalue weighted by molar-refractivity contribution is 7.93. The van der Waals surface area contributed by atoms with Gasteiger partial charge in [0.1, 0.15) is 5.75 Å². The van der Waals surface area contributed by atoms with Crippen LogP contribution in [0, 0.1) is 0 Å². The minimum atomic E-state index is -4.87. The highest BCUT2D eigenvalue weighted by Gasteiger charge is 2.31. The Labute approximate surface area is 189 Å². The molecule has 1 aliphatic rings. The van der Waals surface area contributed by atoms with Crippen molar-refractivity contribution < 1.29 is 26.3 Å². The summed E-state index contributed by atoms with van der Waals surface area (Å²) in [5.74, 6) is -0.508. The SMILES string of the molecule is Cl.O=S(=O)(Nc1cccc(OC(F)(F)F)c1)c1ccc(N2CCNCC2)c2ccccc12. The number of alkyl halides is 3. The predicted molar refractivity (Wildman–Crippen MR) is 120 cm³/mol. The molecule has 0 bridgehead atoms. The van der Waals surface area contributed by atoms with Gasteiger partial charge in [0.2, 0.25) is 0 Å². The van der Waals surface area contributed by atoms with E-state index in [2.05, 4.69) is 19.7 Å². The van der Waals surface area contributed by atoms with E-state index in [4.69, 9.17) is 0 Å². The first kappa shape index (κ1) is 24.0. The molecule has 0 saturated carbocycles. The number of fused-ring (bicyclic) bond motifs is 1. The predicted octanol–water partition coefficient (Wildman–Crippen LogP) is 4.37. The summed E-state index contributed by atoms with van der Waals surface area (Å²) >= 11 is 0. The van der Waals surface area contributed by atoms with E-state index in [9.17, 15) is 21.6 Å². The third-order valence-corrected chi connectivity index (χ3v) is 6.37. The maximum Gasteiger partial charge on any atom is 0.573 e. The van der Waals surface area contributed by atoms with Crippen molar-refractivity contribution in [3.8, 4) is 5.75 Å². The van der Waals surface area contributed by atoms with Crippen LogP contribution in [0.2, 0.25) is 0 Å². The lowest BCUT2D eigenvalue weighted by atomic mass is 10.1. The quantitative estimate of drug-likeness (QED) is 0.559. The third kappa shape index (κ3) is 5.37. The maximum absolute atomic E-state index is 13.1. The molecule has 0 spiro atoms. The lowest BCUT2D eigenvalue weighted by Crippen LogP contribution is -2.43. The average Bonchev–Trinajstić information content (AvgIpc) is 2.72. The van der Waals surface area contributed by atoms with Crippen LogP contribution in [0.15, 0.2) is 65.6 Å². The minimum absolute atomic E-state index is 0. The van der Waals surface area contributed by atoms with Gasteiger partial charge in [0.05, 0.1) is 10.6 Å². The molecule has 32 heavy (non-hydrogen) atoms. The van der Waals surface area contributed by atoms with Crippen LogP contribution >= 0.6 is 12.4 Å². The van der Waals surface area contributed by atoms with Crippen LogP contribution in [0.25, 0.3) is 10.8 Å². The zero-order valence-corrected chi connectivity index (χ0v) is 18.4. The van der Waals surface area contributed by atoms with Gasteiger partial charge < -0.3 is 15.0 Å². The van der Waals surface area contributed by atoms with Crippen LogP contribution in [-0.4, -0.2) is 41.0 Å². The second-order valence-corrected chi connectivity index (χ2v) is 8.70. The zero-order chi connectivity index (χ0) is 22.1. The summed E-state index contributed by atoms with van der Waals surface area (Å²) < 4.78 is 69.8. The zero-order valence-electron chi connectivity index (χ0n) is 16.7. The fourth-order valence-electron chi connectivity index (χ4n) is 3.64. The molecule has 4 rings (SSSR count). The number of piperazine rings is 1. The van der Waals surface area contributed by atoms with Crippen molar-refractivity contribution in [3.63, 3.8) is 0 Å². The van der Waals surface area contributed by atoms with Crippen molar-refractivity contribution in [2.75, 3.05) is 35.8 Å². The summed E-state index contributed by atoms with van der Waals surface area (Å²) in [6.45, 7) is 3.29. The second kappa shape index (κ2) is 9.43. The Balaban J connectivity index is 0.00000289. The van der Waals surface area contributed by atoms with Crippen LogP contribution in [-0.2, 0) is 10.0 Å². The van der Waals surface area contributed by atoms with Gasteiger partial charge in [0, 0.05) is 48.7 Å². The van der Waals surface area contributed by atoms with Gasteiger partial charge in [-0.25, -0.2) is 8.42 Å². The number of hydrogen-bond donors (Lipinski definition) is 2. The van der Waals surface area contributed by atoms with Crippen LogP contribution in [0.1, 0.15) is 0 Å². The summed E-state index contributed by atoms with van der Waals surface area (Å²) in [4.78, 5) is 2.24. The number of hydrogen-bond acceptors (Lipinski definition) is 5. The largest absolute Gasteiger partial charge is 0.573 e. The van der Waals surface area contributed by atoms with Crippen molar-refractivity contribution in [1.29, 1.82) is 0 Å². The van der Waals surface area contributed by atoms with E-state index in [1.54, 1.807) is 18.2 Å². The second-order valence-electron chi connectivity index (χ2n) is 7.05. The van der Waals surface area contributed by atoms with Crippen LogP contribution < -0.4 is 19.7 Å². The summed E-state index contributed by atoms with van der Waals surface area (Å²) in [6, 6.07) is 15.2. The first-order valence-corrected chi connectivity index (χ1v) is 11.1. The van der Waals surface area contributed by atoms with Crippen molar-refractivity contribution in [2.45, 2.75) is 11.3 Å². The molecule has 172 valence electrons. The van der Waals surface area contributed by atoms with E-state index < -0.39 is 22.1 Å². The molecule has 1 heterocycles. The molecular weight excluding hydrogens is 467 g/mol. The number of halogens is 4. The Morgan fingerprint density at radius 3 is 2.31 bits per heavy atom. The topological polar surface area (TPSA) is 70.7 Å². The molecule has 0 aromatic heterocycles. The fraction of sp³-hybridized carbons (Fsp3) is 0.238. The normalized spacial score (nSPS) is 14.7. The molecule has 0 aliphatic carbocycles. The van der Waals surface area contributed by atoms with E-state index in [-0.39, 0.29) is 23.0 Å². The highest BCUT2D eigenvalue weighted by Crippen LogP contribution is 2.33. The number of rotatable bonds is 5. The Morgan fingerprint density at radius 1 is 0.938 bits per heavy atom. The molecule has 1 aliphatic heterocycles. The van der Waals surface area contributed by atoms with Gasteiger partial charge >= 0.3 is 6.36 Å². The average molecular weight is 488 g/mol. The van der Waals surface area contributed by atoms with Gasteiger partial charge in [0.25, 0.3) is 10.0 Å². The van der Waals surface area contributed by atoms with E-state index in [1.807, 2.05) is 12.1 Å². The van der Waals surface area contributed by atoms with Gasteiger partial charge in [-0.1, -0.05) is 30.3 Å². The van der Waals surface area contributed by atoms with Crippen molar-refractivity contribution in [1.82, 2.24) is 5.32 Å². The first-order valence-electron chi connectivity index (χ1n) is 9.59. The van der Waals surface area contributed by atoms with E-state index in [0.717, 1.165) is 49.4 Å². The van der Waals surface area contributed by atoms with Gasteiger partial charge in [-0.2, -0.15) is 0 Å². The van der Waals surface area contributed by atoms with Gasteiger partial charge in [-0.15, -0.1) is 25.6 Å². The Kier molecular flexibility index (Phi) is 7.06. The van der Waals surface area contributed by atoms with Crippen LogP contribution in [0.5, 0.6) is 5.75 Å². The number of nitrogens with zero attached hydrogens (tertiary/aromatic N) is 1. The smallest absolute Gasteiger partial charge is 0.406 e. The van der Waals surface area contributed by atoms with Gasteiger partial charge in [0.15, 0.2) is 0 Å². The minimum Gasteiger partial charge on any atom is -0.406 e. The standard InChI is InChI=1S/C21H20F3N3O3S.ClH/c22-21(23,24)30-16-5-3-4-15(14-16)26-31(28,29)20-9-8-19(27-12-10-25-11-13-27)17-6-1-2-7-18(17)20;/h1-9,14,25-26H,10-13H2;1H. The molecular formula is C21H21ClF3N3O3S. The van der Waals surface area contributed by atoms with Gasteiger partial charge in [-0.05, 0) is 24.3 Å². The Morgan fingerprint density at radius 2 is 1.62 bits per heavy atom. The van der Waals surface area contributed by atoms with Crippen LogP contribution in [0.4, 0.5) is 24.5 Å². The number of benzene rings is 3. The van der Waals surface area contributed by atoms with Crippen molar-refractivity contribution >= 4 is 44.6 Å². The van der Waals surface area contributed by atoms with E-state index >= 15 is 0 Å². The molecule has 0 radical (unpaired) electrons. The molecule has 0 amide bonds. The van der Waals surface area contributed by atoms with Crippen molar-refractivity contribution in [3.05, 3.63) is 60.7 Å². The summed E-state index contributed by atoms with van der Waals surface area (Å²) in [7, 11) is -4.07. The molecule has 0 unspecified atom stereocenters. The van der Waals surface area contributed by atoms with Crippen molar-refractivity contribution in [2.24, 2.45) is 0 Å². The van der Waals surface area contributed by atoms with E-state index in [0.29, 0.717) is 5.39 Å². The number of ether oxygens (including phenoxy) is 1. The molecule has 3 aromatic rings. The fourth-order valence-corrected chi connectivity index (χ4v) is 4.90. The molecule has 0 atom stereocenters. The molecule has 2 N–H and O–H groups in total. The number of nitrogens with one attached hydrogen (secondary N) is 2. The molecule has 3 aromatic carbocycles. The van der Waals surface area contributed by atoms with E-state index in [1.165, 1.54) is 18.2 Å². The monoisotopic (exact) mass is 487 g/mol. The molecule has 11 heteroatoms. The number of sulfonamides is 1. The Bertz CT molecular complexity index is 1200. The first-order chi connectivity index (χ1) is 14.7. The lowest BCUT2D eigenvalue weighted by molar-refractivity contribution is -0.274. The number of anilines is 2. The third-order valence-electron chi connectivity index (χ3n) is 4.93. The Hall–Kier alpha value is -2.69. The summed E-state index contributed by atoms with van der Waals surface area (Å²) in [5.41, 5.74) is 0.911. The summed E-state index contributed by atoms with van der Waals surface area (Å²) in [5, 5.41) is 4.61. The summed E-state index contributed by atoms with van der Waals surface area (Å²) in [6.07, 6.45) is -4.87. The van der Waals surface area contributed by atoms with Crippen LogP contribution in [0.3, 0.4) is 0 Å².